The van der Waals surface area contributed by atoms with Gasteiger partial charge in [-0.25, -0.2) is 4.39 Å². The maximum absolute atomic E-state index is 12.7. The largest absolute Gasteiger partial charge is 0.247 e. The lowest BCUT2D eigenvalue weighted by Crippen LogP contribution is -1.86. The number of hydrogen-bond acceptors (Lipinski definition) is 0. The lowest BCUT2D eigenvalue weighted by Gasteiger charge is -1.92. The fourth-order valence-corrected chi connectivity index (χ4v) is 1.25. The summed E-state index contributed by atoms with van der Waals surface area (Å²) in [4.78, 5) is 0. The van der Waals surface area contributed by atoms with Gasteiger partial charge in [0, 0.05) is 12.8 Å². The van der Waals surface area contributed by atoms with Gasteiger partial charge in [-0.2, -0.15) is 0 Å². The lowest BCUT2D eigenvalue weighted by molar-refractivity contribution is 0.354. The normalized spacial score (nSPS) is 29.1. The van der Waals surface area contributed by atoms with Crippen molar-refractivity contribution in [3.8, 4) is 0 Å². The molecule has 60 valence electrons. The Labute approximate surface area is 67.1 Å². The van der Waals surface area contributed by atoms with Gasteiger partial charge in [0.05, 0.1) is 0 Å². The summed E-state index contributed by atoms with van der Waals surface area (Å²) in [6.45, 7) is 5.74. The first-order chi connectivity index (χ1) is 5.24. The molecule has 1 rings (SSSR count). The van der Waals surface area contributed by atoms with Gasteiger partial charge in [-0.3, -0.25) is 0 Å². The van der Waals surface area contributed by atoms with E-state index in [0.29, 0.717) is 12.8 Å². The van der Waals surface area contributed by atoms with Gasteiger partial charge in [0.15, 0.2) is 0 Å². The number of alkyl halides is 1. The van der Waals surface area contributed by atoms with Crippen LogP contribution in [0.1, 0.15) is 19.8 Å². The van der Waals surface area contributed by atoms with Crippen LogP contribution in [0.15, 0.2) is 36.0 Å². The van der Waals surface area contributed by atoms with Crippen LogP contribution < -0.4 is 0 Å². The fraction of sp³-hybridized carbons (Fsp3) is 0.400. The summed E-state index contributed by atoms with van der Waals surface area (Å²) in [5.74, 6) is 0. The molecule has 0 spiro atoms. The summed E-state index contributed by atoms with van der Waals surface area (Å²) in [6.07, 6.45) is 6.18. The summed E-state index contributed by atoms with van der Waals surface area (Å²) in [5.41, 5.74) is 2.02. The van der Waals surface area contributed by atoms with Crippen LogP contribution in [0.2, 0.25) is 0 Å². The van der Waals surface area contributed by atoms with E-state index in [-0.39, 0.29) is 0 Å². The minimum absolute atomic E-state index is 0.517. The Morgan fingerprint density at radius 3 is 2.73 bits per heavy atom. The molecule has 1 aliphatic carbocycles. The van der Waals surface area contributed by atoms with Gasteiger partial charge in [-0.15, -0.1) is 0 Å². The van der Waals surface area contributed by atoms with E-state index < -0.39 is 6.17 Å². The molecule has 0 heterocycles. The van der Waals surface area contributed by atoms with Gasteiger partial charge in [0.1, 0.15) is 6.17 Å². The van der Waals surface area contributed by atoms with E-state index in [1.54, 1.807) is 0 Å². The van der Waals surface area contributed by atoms with Crippen molar-refractivity contribution < 1.29 is 4.39 Å². The van der Waals surface area contributed by atoms with Crippen molar-refractivity contribution >= 4 is 0 Å². The molecule has 11 heavy (non-hydrogen) atoms. The molecule has 1 saturated carbocycles. The standard InChI is InChI=1S/C10H13F/c1-3-4-5-9-7-10(11)6-8(9)2/h3-5,10H,2,6-7H2,1H3/b4-3-,9-5-. The molecule has 0 aromatic rings. The first-order valence-corrected chi connectivity index (χ1v) is 3.88. The van der Waals surface area contributed by atoms with Gasteiger partial charge >= 0.3 is 0 Å². The lowest BCUT2D eigenvalue weighted by atomic mass is 10.1. The third-order valence-corrected chi connectivity index (χ3v) is 1.85. The highest BCUT2D eigenvalue weighted by atomic mass is 19.1. The number of rotatable bonds is 1. The molecule has 0 aromatic heterocycles. The summed E-state index contributed by atoms with van der Waals surface area (Å²) in [6, 6.07) is 0. The molecule has 1 atom stereocenters. The second-order valence-corrected chi connectivity index (χ2v) is 2.83. The highest BCUT2D eigenvalue weighted by molar-refractivity contribution is 5.36. The van der Waals surface area contributed by atoms with E-state index >= 15 is 0 Å². The van der Waals surface area contributed by atoms with Crippen LogP contribution in [0.5, 0.6) is 0 Å². The average molecular weight is 152 g/mol. The molecule has 0 bridgehead atoms. The molecule has 0 saturated heterocycles. The highest BCUT2D eigenvalue weighted by Crippen LogP contribution is 2.31. The van der Waals surface area contributed by atoms with Crippen molar-refractivity contribution in [2.75, 3.05) is 0 Å². The molecule has 0 amide bonds. The Morgan fingerprint density at radius 2 is 2.27 bits per heavy atom. The number of hydrogen-bond donors (Lipinski definition) is 0. The Kier molecular flexibility index (Phi) is 2.64. The molecule has 0 radical (unpaired) electrons. The van der Waals surface area contributed by atoms with Crippen LogP contribution in [-0.4, -0.2) is 6.17 Å². The predicted molar refractivity (Wildman–Crippen MR) is 46.2 cm³/mol. The quantitative estimate of drug-likeness (QED) is 0.541. The van der Waals surface area contributed by atoms with Crippen molar-refractivity contribution in [1.29, 1.82) is 0 Å². The average Bonchev–Trinajstić information content (AvgIpc) is 2.26. The van der Waals surface area contributed by atoms with E-state index in [0.717, 1.165) is 11.1 Å². The zero-order chi connectivity index (χ0) is 8.27. The van der Waals surface area contributed by atoms with Crippen molar-refractivity contribution in [1.82, 2.24) is 0 Å². The van der Waals surface area contributed by atoms with E-state index in [9.17, 15) is 4.39 Å². The van der Waals surface area contributed by atoms with E-state index in [1.807, 2.05) is 25.2 Å². The van der Waals surface area contributed by atoms with Crippen molar-refractivity contribution in [2.45, 2.75) is 25.9 Å². The highest BCUT2D eigenvalue weighted by Gasteiger charge is 2.20. The van der Waals surface area contributed by atoms with Gasteiger partial charge in [0.25, 0.3) is 0 Å². The van der Waals surface area contributed by atoms with Crippen LogP contribution >= 0.6 is 0 Å². The summed E-state index contributed by atoms with van der Waals surface area (Å²) < 4.78 is 12.7. The van der Waals surface area contributed by atoms with Crippen molar-refractivity contribution in [2.24, 2.45) is 0 Å². The van der Waals surface area contributed by atoms with E-state index in [2.05, 4.69) is 6.58 Å². The molecule has 1 heteroatoms. The topological polar surface area (TPSA) is 0 Å². The maximum Gasteiger partial charge on any atom is 0.108 e. The molecule has 0 nitrogen and oxygen atoms in total. The molecular weight excluding hydrogens is 139 g/mol. The zero-order valence-corrected chi connectivity index (χ0v) is 6.81. The van der Waals surface area contributed by atoms with Crippen LogP contribution in [0.3, 0.4) is 0 Å². The molecule has 1 unspecified atom stereocenters. The smallest absolute Gasteiger partial charge is 0.108 e. The molecule has 1 aliphatic rings. The SMILES string of the molecule is C=C1CC(F)C/C1=C/C=C\C. The van der Waals surface area contributed by atoms with Gasteiger partial charge < -0.3 is 0 Å². The molecule has 0 aliphatic heterocycles. The summed E-state index contributed by atoms with van der Waals surface area (Å²) in [7, 11) is 0. The number of allylic oxidation sites excluding steroid dienone is 5. The van der Waals surface area contributed by atoms with Crippen molar-refractivity contribution in [3.63, 3.8) is 0 Å². The minimum atomic E-state index is -0.695. The molecule has 0 aromatic carbocycles. The van der Waals surface area contributed by atoms with Crippen LogP contribution in [0.25, 0.3) is 0 Å². The van der Waals surface area contributed by atoms with Gasteiger partial charge in [-0.1, -0.05) is 24.8 Å². The Balaban J connectivity index is 2.67. The molecule has 0 N–H and O–H groups in total. The summed E-state index contributed by atoms with van der Waals surface area (Å²) >= 11 is 0. The Bertz CT molecular complexity index is 211. The van der Waals surface area contributed by atoms with Crippen LogP contribution in [0, 0.1) is 0 Å². The second-order valence-electron chi connectivity index (χ2n) is 2.83. The molecule has 1 fully saturated rings. The predicted octanol–water partition coefficient (Wildman–Crippen LogP) is 3.18. The minimum Gasteiger partial charge on any atom is -0.247 e. The first kappa shape index (κ1) is 8.25. The van der Waals surface area contributed by atoms with E-state index in [4.69, 9.17) is 0 Å². The van der Waals surface area contributed by atoms with Crippen molar-refractivity contribution in [3.05, 3.63) is 36.0 Å². The fourth-order valence-electron chi connectivity index (χ4n) is 1.25. The zero-order valence-electron chi connectivity index (χ0n) is 6.81. The van der Waals surface area contributed by atoms with Crippen LogP contribution in [0.4, 0.5) is 4.39 Å². The second kappa shape index (κ2) is 3.51. The third kappa shape index (κ3) is 2.04. The van der Waals surface area contributed by atoms with Gasteiger partial charge in [0.2, 0.25) is 0 Å². The Hall–Kier alpha value is -0.850. The first-order valence-electron chi connectivity index (χ1n) is 3.88. The monoisotopic (exact) mass is 152 g/mol. The third-order valence-electron chi connectivity index (χ3n) is 1.85. The van der Waals surface area contributed by atoms with E-state index in [1.165, 1.54) is 0 Å². The summed E-state index contributed by atoms with van der Waals surface area (Å²) in [5, 5.41) is 0. The maximum atomic E-state index is 12.7. The van der Waals surface area contributed by atoms with Crippen LogP contribution in [-0.2, 0) is 0 Å². The van der Waals surface area contributed by atoms with Gasteiger partial charge in [-0.05, 0) is 18.1 Å². The Morgan fingerprint density at radius 1 is 1.55 bits per heavy atom. The number of halogens is 1. The molecular formula is C10H13F.